The molecule has 0 unspecified atom stereocenters. The molecule has 1 aromatic carbocycles. The molecular weight excluding hydrogens is 194 g/mol. The van der Waals surface area contributed by atoms with Crippen molar-refractivity contribution in [2.24, 2.45) is 0 Å². The number of nitriles is 1. The topological polar surface area (TPSA) is 39.9 Å². The zero-order chi connectivity index (χ0) is 10.1. The van der Waals surface area contributed by atoms with E-state index in [-0.39, 0.29) is 0 Å². The molecule has 0 aliphatic heterocycles. The van der Waals surface area contributed by atoms with Crippen LogP contribution in [0.25, 0.3) is 10.2 Å². The number of hydrogen-bond donors (Lipinski definition) is 0. The molecule has 0 N–H and O–H groups in total. The minimum absolute atomic E-state index is 0.524. The standard InChI is InChI=1S/C10H9N3S/c1-13(2)7-3-4-8-9(5-7)14-10(6-11)12-8/h3-5H,1-2H3. The number of nitrogens with zero attached hydrogens (tertiary/aromatic N) is 3. The van der Waals surface area contributed by atoms with Crippen molar-refractivity contribution >= 4 is 27.2 Å². The SMILES string of the molecule is CN(C)c1ccc2nc(C#N)sc2c1. The van der Waals surface area contributed by atoms with Crippen LogP contribution in [-0.2, 0) is 0 Å². The third-order valence-corrected chi connectivity index (χ3v) is 2.91. The average molecular weight is 203 g/mol. The third-order valence-electron chi connectivity index (χ3n) is 1.98. The molecule has 0 saturated carbocycles. The first-order valence-corrected chi connectivity index (χ1v) is 5.00. The summed E-state index contributed by atoms with van der Waals surface area (Å²) in [6.07, 6.45) is 0. The van der Waals surface area contributed by atoms with Crippen LogP contribution in [0.1, 0.15) is 5.01 Å². The molecule has 4 heteroatoms. The van der Waals surface area contributed by atoms with Crippen LogP contribution in [0.2, 0.25) is 0 Å². The Balaban J connectivity index is 2.61. The van der Waals surface area contributed by atoms with Crippen molar-refractivity contribution in [1.29, 1.82) is 5.26 Å². The van der Waals surface area contributed by atoms with Crippen LogP contribution >= 0.6 is 11.3 Å². The highest BCUT2D eigenvalue weighted by atomic mass is 32.1. The van der Waals surface area contributed by atoms with Gasteiger partial charge in [-0.15, -0.1) is 11.3 Å². The molecular formula is C10H9N3S. The second-order valence-electron chi connectivity index (χ2n) is 3.18. The van der Waals surface area contributed by atoms with Gasteiger partial charge in [-0.2, -0.15) is 5.26 Å². The van der Waals surface area contributed by atoms with Gasteiger partial charge in [0.2, 0.25) is 0 Å². The van der Waals surface area contributed by atoms with Crippen LogP contribution in [0, 0.1) is 11.3 Å². The summed E-state index contributed by atoms with van der Waals surface area (Å²) in [7, 11) is 3.99. The summed E-state index contributed by atoms with van der Waals surface area (Å²) in [5.41, 5.74) is 2.03. The Kier molecular flexibility index (Phi) is 2.10. The lowest BCUT2D eigenvalue weighted by atomic mass is 10.3. The summed E-state index contributed by atoms with van der Waals surface area (Å²) in [5, 5.41) is 9.23. The Morgan fingerprint density at radius 3 is 2.86 bits per heavy atom. The van der Waals surface area contributed by atoms with Crippen molar-refractivity contribution in [3.05, 3.63) is 23.2 Å². The Hall–Kier alpha value is -1.60. The van der Waals surface area contributed by atoms with E-state index in [2.05, 4.69) is 11.1 Å². The summed E-state index contributed by atoms with van der Waals surface area (Å²) in [4.78, 5) is 6.20. The van der Waals surface area contributed by atoms with Gasteiger partial charge in [0.25, 0.3) is 0 Å². The number of rotatable bonds is 1. The zero-order valence-corrected chi connectivity index (χ0v) is 8.80. The predicted octanol–water partition coefficient (Wildman–Crippen LogP) is 2.23. The minimum atomic E-state index is 0.524. The van der Waals surface area contributed by atoms with Crippen LogP contribution in [0.3, 0.4) is 0 Å². The zero-order valence-electron chi connectivity index (χ0n) is 7.98. The Morgan fingerprint density at radius 2 is 2.21 bits per heavy atom. The van der Waals surface area contributed by atoms with E-state index in [9.17, 15) is 0 Å². The van der Waals surface area contributed by atoms with Crippen LogP contribution < -0.4 is 4.90 Å². The molecule has 1 heterocycles. The second kappa shape index (κ2) is 3.28. The Labute approximate surface area is 86.2 Å². The molecule has 14 heavy (non-hydrogen) atoms. The quantitative estimate of drug-likeness (QED) is 0.713. The normalized spacial score (nSPS) is 10.1. The highest BCUT2D eigenvalue weighted by Crippen LogP contribution is 2.25. The first-order valence-electron chi connectivity index (χ1n) is 4.19. The highest BCUT2D eigenvalue weighted by Gasteiger charge is 2.04. The molecule has 1 aromatic heterocycles. The van der Waals surface area contributed by atoms with E-state index in [0.29, 0.717) is 5.01 Å². The molecule has 0 fully saturated rings. The lowest BCUT2D eigenvalue weighted by Gasteiger charge is -2.11. The van der Waals surface area contributed by atoms with Crippen molar-refractivity contribution < 1.29 is 0 Å². The molecule has 2 aromatic rings. The van der Waals surface area contributed by atoms with E-state index in [4.69, 9.17) is 5.26 Å². The van der Waals surface area contributed by atoms with Gasteiger partial charge in [0.05, 0.1) is 10.2 Å². The Morgan fingerprint density at radius 1 is 1.43 bits per heavy atom. The summed E-state index contributed by atoms with van der Waals surface area (Å²) < 4.78 is 1.06. The molecule has 3 nitrogen and oxygen atoms in total. The highest BCUT2D eigenvalue weighted by molar-refractivity contribution is 7.19. The Bertz CT molecular complexity index is 508. The number of hydrogen-bond acceptors (Lipinski definition) is 4. The van der Waals surface area contributed by atoms with E-state index < -0.39 is 0 Å². The van der Waals surface area contributed by atoms with Crippen molar-refractivity contribution in [3.8, 4) is 6.07 Å². The summed E-state index contributed by atoms with van der Waals surface area (Å²) in [6.45, 7) is 0. The van der Waals surface area contributed by atoms with E-state index in [0.717, 1.165) is 15.9 Å². The summed E-state index contributed by atoms with van der Waals surface area (Å²) >= 11 is 1.43. The van der Waals surface area contributed by atoms with Crippen LogP contribution in [0.15, 0.2) is 18.2 Å². The van der Waals surface area contributed by atoms with Gasteiger partial charge in [-0.05, 0) is 18.2 Å². The summed E-state index contributed by atoms with van der Waals surface area (Å²) in [6, 6.07) is 8.06. The maximum atomic E-state index is 8.70. The van der Waals surface area contributed by atoms with Gasteiger partial charge in [-0.3, -0.25) is 0 Å². The fraction of sp³-hybridized carbons (Fsp3) is 0.200. The van der Waals surface area contributed by atoms with Crippen LogP contribution in [0.4, 0.5) is 5.69 Å². The first kappa shape index (κ1) is 8.97. The maximum absolute atomic E-state index is 8.70. The number of aromatic nitrogens is 1. The lowest BCUT2D eigenvalue weighted by Crippen LogP contribution is -2.07. The van der Waals surface area contributed by atoms with Crippen molar-refractivity contribution in [2.75, 3.05) is 19.0 Å². The molecule has 0 spiro atoms. The molecule has 70 valence electrons. The monoisotopic (exact) mass is 203 g/mol. The fourth-order valence-electron chi connectivity index (χ4n) is 1.24. The van der Waals surface area contributed by atoms with Crippen molar-refractivity contribution in [2.45, 2.75) is 0 Å². The first-order chi connectivity index (χ1) is 6.70. The molecule has 0 saturated heterocycles. The van der Waals surface area contributed by atoms with Gasteiger partial charge in [0.15, 0.2) is 5.01 Å². The summed E-state index contributed by atoms with van der Waals surface area (Å²) in [5.74, 6) is 0. The van der Waals surface area contributed by atoms with Gasteiger partial charge in [0, 0.05) is 19.8 Å². The average Bonchev–Trinajstić information content (AvgIpc) is 2.58. The van der Waals surface area contributed by atoms with E-state index in [1.165, 1.54) is 11.3 Å². The second-order valence-corrected chi connectivity index (χ2v) is 4.21. The number of benzene rings is 1. The van der Waals surface area contributed by atoms with E-state index in [1.807, 2.05) is 37.2 Å². The van der Waals surface area contributed by atoms with Crippen molar-refractivity contribution in [1.82, 2.24) is 4.98 Å². The van der Waals surface area contributed by atoms with Gasteiger partial charge >= 0.3 is 0 Å². The van der Waals surface area contributed by atoms with Crippen LogP contribution in [-0.4, -0.2) is 19.1 Å². The van der Waals surface area contributed by atoms with Gasteiger partial charge in [-0.1, -0.05) is 0 Å². The molecule has 0 atom stereocenters. The smallest absolute Gasteiger partial charge is 0.195 e. The van der Waals surface area contributed by atoms with Gasteiger partial charge in [0.1, 0.15) is 6.07 Å². The largest absolute Gasteiger partial charge is 0.378 e. The van der Waals surface area contributed by atoms with Crippen molar-refractivity contribution in [3.63, 3.8) is 0 Å². The molecule has 0 amide bonds. The number of anilines is 1. The number of thiazole rings is 1. The maximum Gasteiger partial charge on any atom is 0.195 e. The van der Waals surface area contributed by atoms with E-state index in [1.54, 1.807) is 0 Å². The minimum Gasteiger partial charge on any atom is -0.378 e. The lowest BCUT2D eigenvalue weighted by molar-refractivity contribution is 1.14. The third kappa shape index (κ3) is 1.42. The molecule has 0 bridgehead atoms. The fourth-order valence-corrected chi connectivity index (χ4v) is 2.04. The molecule has 2 rings (SSSR count). The van der Waals surface area contributed by atoms with Gasteiger partial charge < -0.3 is 4.90 Å². The number of fused-ring (bicyclic) bond motifs is 1. The molecule has 0 radical (unpaired) electrons. The predicted molar refractivity (Wildman–Crippen MR) is 58.7 cm³/mol. The molecule has 0 aliphatic rings. The van der Waals surface area contributed by atoms with Gasteiger partial charge in [-0.25, -0.2) is 4.98 Å². The van der Waals surface area contributed by atoms with E-state index >= 15 is 0 Å². The molecule has 0 aliphatic carbocycles. The van der Waals surface area contributed by atoms with Crippen LogP contribution in [0.5, 0.6) is 0 Å².